The van der Waals surface area contributed by atoms with Gasteiger partial charge >= 0.3 is 0 Å². The van der Waals surface area contributed by atoms with Gasteiger partial charge in [0.1, 0.15) is 0 Å². The van der Waals surface area contributed by atoms with E-state index in [1.54, 1.807) is 0 Å². The van der Waals surface area contributed by atoms with Gasteiger partial charge in [0.25, 0.3) is 0 Å². The zero-order chi connectivity index (χ0) is 12.7. The van der Waals surface area contributed by atoms with Crippen molar-refractivity contribution in [3.05, 3.63) is 69.7 Å². The fraction of sp³-hybridized carbons (Fsp3) is 0.200. The summed E-state index contributed by atoms with van der Waals surface area (Å²) in [5.74, 6) is -0.282. The molecule has 2 N–H and O–H groups in total. The van der Waals surface area contributed by atoms with Gasteiger partial charge < -0.3 is 10.2 Å². The maximum Gasteiger partial charge on any atom is 0.0890 e. The molecule has 1 aliphatic rings. The molecule has 0 aliphatic heterocycles. The number of halogens is 1. The molecule has 0 fully saturated rings. The summed E-state index contributed by atoms with van der Waals surface area (Å²) >= 11 is 3.39. The first-order valence-electron chi connectivity index (χ1n) is 5.89. The van der Waals surface area contributed by atoms with E-state index in [0.29, 0.717) is 0 Å². The van der Waals surface area contributed by atoms with Crippen LogP contribution in [0.15, 0.2) is 53.0 Å². The highest BCUT2D eigenvalue weighted by molar-refractivity contribution is 9.10. The van der Waals surface area contributed by atoms with Gasteiger partial charge in [-0.3, -0.25) is 0 Å². The fourth-order valence-electron chi connectivity index (χ4n) is 2.66. The van der Waals surface area contributed by atoms with Crippen molar-refractivity contribution in [3.8, 4) is 0 Å². The van der Waals surface area contributed by atoms with Crippen molar-refractivity contribution in [2.75, 3.05) is 0 Å². The molecule has 0 bridgehead atoms. The molecule has 92 valence electrons. The van der Waals surface area contributed by atoms with E-state index in [-0.39, 0.29) is 5.92 Å². The molecule has 0 saturated carbocycles. The number of aliphatic hydroxyl groups excluding tert-OH is 2. The van der Waals surface area contributed by atoms with Crippen LogP contribution in [0.1, 0.15) is 34.8 Å². The Morgan fingerprint density at radius 1 is 0.778 bits per heavy atom. The standard InChI is InChI=1S/C15H13BrO2/c16-10-7-5-9(6-8-10)13-14(17)11-3-1-2-4-12(11)15(13)18/h1-8,13-15,17-18H/t14-,15-/m0/s1. The minimum Gasteiger partial charge on any atom is -0.388 e. The van der Waals surface area contributed by atoms with Crippen LogP contribution < -0.4 is 0 Å². The van der Waals surface area contributed by atoms with Gasteiger partial charge in [-0.1, -0.05) is 52.3 Å². The Morgan fingerprint density at radius 3 is 1.78 bits per heavy atom. The summed E-state index contributed by atoms with van der Waals surface area (Å²) in [5, 5.41) is 20.7. The molecular formula is C15H13BrO2. The second-order valence-electron chi connectivity index (χ2n) is 4.60. The average Bonchev–Trinajstić information content (AvgIpc) is 2.64. The van der Waals surface area contributed by atoms with Gasteiger partial charge in [-0.15, -0.1) is 0 Å². The van der Waals surface area contributed by atoms with Crippen LogP contribution in [0.5, 0.6) is 0 Å². The zero-order valence-electron chi connectivity index (χ0n) is 9.62. The van der Waals surface area contributed by atoms with E-state index in [1.807, 2.05) is 48.5 Å². The summed E-state index contributed by atoms with van der Waals surface area (Å²) in [4.78, 5) is 0. The molecule has 0 aromatic heterocycles. The lowest BCUT2D eigenvalue weighted by Crippen LogP contribution is -2.09. The van der Waals surface area contributed by atoms with E-state index < -0.39 is 12.2 Å². The van der Waals surface area contributed by atoms with Gasteiger partial charge in [0.2, 0.25) is 0 Å². The van der Waals surface area contributed by atoms with Crippen LogP contribution in [-0.2, 0) is 0 Å². The van der Waals surface area contributed by atoms with Crippen molar-refractivity contribution in [2.24, 2.45) is 0 Å². The summed E-state index contributed by atoms with van der Waals surface area (Å²) in [6, 6.07) is 15.3. The van der Waals surface area contributed by atoms with Crippen molar-refractivity contribution in [1.82, 2.24) is 0 Å². The number of benzene rings is 2. The molecule has 2 atom stereocenters. The fourth-order valence-corrected chi connectivity index (χ4v) is 2.92. The number of hydrogen-bond donors (Lipinski definition) is 2. The summed E-state index contributed by atoms with van der Waals surface area (Å²) < 4.78 is 0.991. The van der Waals surface area contributed by atoms with Crippen LogP contribution in [0.3, 0.4) is 0 Å². The molecule has 1 aliphatic carbocycles. The van der Waals surface area contributed by atoms with Gasteiger partial charge in [-0.05, 0) is 28.8 Å². The zero-order valence-corrected chi connectivity index (χ0v) is 11.2. The SMILES string of the molecule is O[C@H]1c2ccccc2[C@H](O)C1c1ccc(Br)cc1. The molecule has 0 spiro atoms. The molecule has 0 unspecified atom stereocenters. The van der Waals surface area contributed by atoms with Crippen LogP contribution in [0.2, 0.25) is 0 Å². The molecule has 0 amide bonds. The van der Waals surface area contributed by atoms with E-state index in [1.165, 1.54) is 0 Å². The first kappa shape index (κ1) is 11.9. The van der Waals surface area contributed by atoms with Crippen molar-refractivity contribution < 1.29 is 10.2 Å². The third-order valence-electron chi connectivity index (χ3n) is 3.57. The number of hydrogen-bond acceptors (Lipinski definition) is 2. The topological polar surface area (TPSA) is 40.5 Å². The molecule has 2 aromatic carbocycles. The Kier molecular flexibility index (Phi) is 2.98. The lowest BCUT2D eigenvalue weighted by Gasteiger charge is -2.19. The Labute approximate surface area is 114 Å². The molecule has 2 nitrogen and oxygen atoms in total. The Morgan fingerprint density at radius 2 is 1.28 bits per heavy atom. The molecule has 3 rings (SSSR count). The Bertz CT molecular complexity index is 536. The van der Waals surface area contributed by atoms with Gasteiger partial charge in [-0.25, -0.2) is 0 Å². The van der Waals surface area contributed by atoms with Gasteiger partial charge in [0.05, 0.1) is 12.2 Å². The highest BCUT2D eigenvalue weighted by Gasteiger charge is 2.39. The van der Waals surface area contributed by atoms with Crippen LogP contribution in [0, 0.1) is 0 Å². The molecule has 2 aromatic rings. The minimum atomic E-state index is -0.641. The molecule has 0 heterocycles. The highest BCUT2D eigenvalue weighted by atomic mass is 79.9. The molecule has 18 heavy (non-hydrogen) atoms. The van der Waals surface area contributed by atoms with Gasteiger partial charge in [-0.2, -0.15) is 0 Å². The van der Waals surface area contributed by atoms with Crippen molar-refractivity contribution in [2.45, 2.75) is 18.1 Å². The highest BCUT2D eigenvalue weighted by Crippen LogP contribution is 2.49. The third-order valence-corrected chi connectivity index (χ3v) is 4.10. The summed E-state index contributed by atoms with van der Waals surface area (Å²) in [5.41, 5.74) is 2.62. The van der Waals surface area contributed by atoms with Gasteiger partial charge in [0.15, 0.2) is 0 Å². The van der Waals surface area contributed by atoms with E-state index >= 15 is 0 Å². The maximum absolute atomic E-state index is 10.4. The van der Waals surface area contributed by atoms with Crippen molar-refractivity contribution >= 4 is 15.9 Å². The number of fused-ring (bicyclic) bond motifs is 1. The molecular weight excluding hydrogens is 292 g/mol. The van der Waals surface area contributed by atoms with E-state index in [4.69, 9.17) is 0 Å². The second kappa shape index (κ2) is 4.50. The first-order valence-corrected chi connectivity index (χ1v) is 6.68. The van der Waals surface area contributed by atoms with Crippen LogP contribution in [0.25, 0.3) is 0 Å². The summed E-state index contributed by atoms with van der Waals surface area (Å²) in [6.45, 7) is 0. The molecule has 3 heteroatoms. The minimum absolute atomic E-state index is 0.282. The predicted octanol–water partition coefficient (Wildman–Crippen LogP) is 3.31. The van der Waals surface area contributed by atoms with Crippen molar-refractivity contribution in [3.63, 3.8) is 0 Å². The van der Waals surface area contributed by atoms with E-state index in [2.05, 4.69) is 15.9 Å². The quantitative estimate of drug-likeness (QED) is 0.848. The lowest BCUT2D eigenvalue weighted by atomic mass is 9.92. The van der Waals surface area contributed by atoms with Crippen molar-refractivity contribution in [1.29, 1.82) is 0 Å². The van der Waals surface area contributed by atoms with Crippen LogP contribution in [0.4, 0.5) is 0 Å². The Balaban J connectivity index is 2.03. The second-order valence-corrected chi connectivity index (χ2v) is 5.51. The van der Waals surface area contributed by atoms with Gasteiger partial charge in [0, 0.05) is 10.4 Å². The Hall–Kier alpha value is -1.16. The molecule has 0 saturated heterocycles. The largest absolute Gasteiger partial charge is 0.388 e. The van der Waals surface area contributed by atoms with Crippen LogP contribution >= 0.6 is 15.9 Å². The van der Waals surface area contributed by atoms with E-state index in [9.17, 15) is 10.2 Å². The summed E-state index contributed by atoms with van der Waals surface area (Å²) in [7, 11) is 0. The van der Waals surface area contributed by atoms with Crippen LogP contribution in [-0.4, -0.2) is 10.2 Å². The number of aliphatic hydroxyl groups is 2. The first-order chi connectivity index (χ1) is 8.68. The summed E-state index contributed by atoms with van der Waals surface area (Å²) in [6.07, 6.45) is -1.28. The normalized spacial score (nSPS) is 23.1. The predicted molar refractivity (Wildman–Crippen MR) is 73.2 cm³/mol. The molecule has 0 radical (unpaired) electrons. The number of rotatable bonds is 1. The third kappa shape index (κ3) is 1.79. The lowest BCUT2D eigenvalue weighted by molar-refractivity contribution is 0.0771. The van der Waals surface area contributed by atoms with E-state index in [0.717, 1.165) is 21.2 Å². The smallest absolute Gasteiger partial charge is 0.0890 e. The maximum atomic E-state index is 10.4. The average molecular weight is 305 g/mol. The monoisotopic (exact) mass is 304 g/mol.